The molecule has 3 rings (SSSR count). The second-order valence-electron chi connectivity index (χ2n) is 7.60. The molecule has 2 aliphatic heterocycles. The van der Waals surface area contributed by atoms with Gasteiger partial charge in [-0.3, -0.25) is 9.80 Å². The van der Waals surface area contributed by atoms with Crippen LogP contribution >= 0.6 is 0 Å². The largest absolute Gasteiger partial charge is 0.314 e. The van der Waals surface area contributed by atoms with E-state index in [0.29, 0.717) is 6.04 Å². The summed E-state index contributed by atoms with van der Waals surface area (Å²) in [5.74, 6) is 0. The van der Waals surface area contributed by atoms with E-state index in [1.807, 2.05) is 0 Å². The fourth-order valence-corrected chi connectivity index (χ4v) is 4.47. The molecule has 1 aromatic rings. The van der Waals surface area contributed by atoms with Gasteiger partial charge in [-0.25, -0.2) is 0 Å². The summed E-state index contributed by atoms with van der Waals surface area (Å²) in [4.78, 5) is 5.35. The maximum atomic E-state index is 3.49. The number of allylic oxidation sites excluding steroid dienone is 1. The van der Waals surface area contributed by atoms with Crippen molar-refractivity contribution in [2.24, 2.45) is 0 Å². The summed E-state index contributed by atoms with van der Waals surface area (Å²) in [5.41, 5.74) is 3.08. The predicted octanol–water partition coefficient (Wildman–Crippen LogP) is 3.45. The third-order valence-electron chi connectivity index (χ3n) is 5.84. The first kappa shape index (κ1) is 17.7. The first-order valence-corrected chi connectivity index (χ1v) is 9.56. The Hall–Kier alpha value is -1.16. The van der Waals surface area contributed by atoms with E-state index in [2.05, 4.69) is 72.3 Å². The lowest BCUT2D eigenvalue weighted by molar-refractivity contribution is 0.112. The van der Waals surface area contributed by atoms with Crippen LogP contribution in [-0.2, 0) is 0 Å². The topological polar surface area (TPSA) is 18.5 Å². The zero-order valence-corrected chi connectivity index (χ0v) is 15.6. The van der Waals surface area contributed by atoms with Gasteiger partial charge in [-0.05, 0) is 57.8 Å². The third-order valence-corrected chi connectivity index (χ3v) is 5.84. The van der Waals surface area contributed by atoms with Crippen LogP contribution in [-0.4, -0.2) is 54.6 Å². The Balaban J connectivity index is 1.94. The predicted molar refractivity (Wildman–Crippen MR) is 102 cm³/mol. The van der Waals surface area contributed by atoms with Gasteiger partial charge in [0.25, 0.3) is 0 Å². The Labute approximate surface area is 147 Å². The van der Waals surface area contributed by atoms with Gasteiger partial charge in [0.15, 0.2) is 0 Å². The van der Waals surface area contributed by atoms with Crippen LogP contribution in [0.15, 0.2) is 42.0 Å². The molecule has 24 heavy (non-hydrogen) atoms. The molecule has 0 saturated carbocycles. The normalized spacial score (nSPS) is 22.7. The molecule has 2 heterocycles. The SMILES string of the molecule is CC=C(C(c1ccccc1)N1CCCC1)C(C)(C)N1CCNCC1. The highest BCUT2D eigenvalue weighted by Crippen LogP contribution is 2.39. The summed E-state index contributed by atoms with van der Waals surface area (Å²) < 4.78 is 0. The highest BCUT2D eigenvalue weighted by atomic mass is 15.3. The molecular weight excluding hydrogens is 294 g/mol. The van der Waals surface area contributed by atoms with Crippen LogP contribution in [0.4, 0.5) is 0 Å². The van der Waals surface area contributed by atoms with Gasteiger partial charge in [0.2, 0.25) is 0 Å². The number of rotatable bonds is 5. The zero-order chi connectivity index (χ0) is 17.0. The van der Waals surface area contributed by atoms with Gasteiger partial charge >= 0.3 is 0 Å². The molecule has 2 saturated heterocycles. The van der Waals surface area contributed by atoms with Crippen molar-refractivity contribution in [2.45, 2.75) is 45.2 Å². The lowest BCUT2D eigenvalue weighted by Crippen LogP contribution is -2.55. The molecule has 0 radical (unpaired) electrons. The monoisotopic (exact) mass is 327 g/mol. The third kappa shape index (κ3) is 3.58. The van der Waals surface area contributed by atoms with Crippen molar-refractivity contribution in [1.29, 1.82) is 0 Å². The van der Waals surface area contributed by atoms with E-state index in [4.69, 9.17) is 0 Å². The Morgan fingerprint density at radius 2 is 1.67 bits per heavy atom. The molecule has 1 atom stereocenters. The van der Waals surface area contributed by atoms with Crippen molar-refractivity contribution in [3.63, 3.8) is 0 Å². The van der Waals surface area contributed by atoms with Crippen molar-refractivity contribution in [2.75, 3.05) is 39.3 Å². The highest BCUT2D eigenvalue weighted by molar-refractivity contribution is 5.34. The second kappa shape index (κ2) is 7.81. The van der Waals surface area contributed by atoms with Crippen LogP contribution in [0.25, 0.3) is 0 Å². The second-order valence-corrected chi connectivity index (χ2v) is 7.60. The van der Waals surface area contributed by atoms with Crippen LogP contribution in [0.3, 0.4) is 0 Å². The molecule has 0 aromatic heterocycles. The summed E-state index contributed by atoms with van der Waals surface area (Å²) in [7, 11) is 0. The average Bonchev–Trinajstić information content (AvgIpc) is 3.15. The standard InChI is InChI=1S/C21H33N3/c1-4-19(21(2,3)24-16-12-22-13-17-24)20(23-14-8-9-15-23)18-10-6-5-7-11-18/h4-7,10-11,20,22H,8-9,12-17H2,1-3H3. The fourth-order valence-electron chi connectivity index (χ4n) is 4.47. The van der Waals surface area contributed by atoms with E-state index in [9.17, 15) is 0 Å². The van der Waals surface area contributed by atoms with E-state index < -0.39 is 0 Å². The van der Waals surface area contributed by atoms with Gasteiger partial charge in [-0.1, -0.05) is 36.4 Å². The summed E-state index contributed by atoms with van der Waals surface area (Å²) in [5, 5.41) is 3.49. The Morgan fingerprint density at radius 1 is 1.04 bits per heavy atom. The fraction of sp³-hybridized carbons (Fsp3) is 0.619. The molecule has 3 nitrogen and oxygen atoms in total. The molecule has 0 bridgehead atoms. The van der Waals surface area contributed by atoms with Crippen LogP contribution in [0.1, 0.15) is 45.2 Å². The number of benzene rings is 1. The quantitative estimate of drug-likeness (QED) is 0.836. The maximum absolute atomic E-state index is 3.49. The smallest absolute Gasteiger partial charge is 0.0578 e. The van der Waals surface area contributed by atoms with Crippen molar-refractivity contribution < 1.29 is 0 Å². The van der Waals surface area contributed by atoms with Crippen LogP contribution in [0.2, 0.25) is 0 Å². The first-order valence-electron chi connectivity index (χ1n) is 9.56. The maximum Gasteiger partial charge on any atom is 0.0578 e. The van der Waals surface area contributed by atoms with E-state index >= 15 is 0 Å². The molecular formula is C21H33N3. The van der Waals surface area contributed by atoms with Gasteiger partial charge in [0.1, 0.15) is 0 Å². The Morgan fingerprint density at radius 3 is 2.25 bits per heavy atom. The van der Waals surface area contributed by atoms with Crippen molar-refractivity contribution in [1.82, 2.24) is 15.1 Å². The molecule has 0 spiro atoms. The number of hydrogen-bond donors (Lipinski definition) is 1. The van der Waals surface area contributed by atoms with E-state index in [1.54, 1.807) is 5.57 Å². The molecule has 1 aromatic carbocycles. The molecule has 1 N–H and O–H groups in total. The number of likely N-dealkylation sites (tertiary alicyclic amines) is 1. The van der Waals surface area contributed by atoms with E-state index in [1.165, 1.54) is 31.5 Å². The van der Waals surface area contributed by atoms with Crippen LogP contribution < -0.4 is 5.32 Å². The average molecular weight is 328 g/mol. The van der Waals surface area contributed by atoms with Gasteiger partial charge < -0.3 is 5.32 Å². The van der Waals surface area contributed by atoms with Crippen molar-refractivity contribution >= 4 is 0 Å². The highest BCUT2D eigenvalue weighted by Gasteiger charge is 2.38. The first-order chi connectivity index (χ1) is 11.6. The minimum absolute atomic E-state index is 0.0833. The van der Waals surface area contributed by atoms with Crippen molar-refractivity contribution in [3.8, 4) is 0 Å². The molecule has 3 heteroatoms. The van der Waals surface area contributed by atoms with Gasteiger partial charge in [0, 0.05) is 31.7 Å². The molecule has 2 fully saturated rings. The van der Waals surface area contributed by atoms with Gasteiger partial charge in [0.05, 0.1) is 6.04 Å². The number of piperazine rings is 1. The summed E-state index contributed by atoms with van der Waals surface area (Å²) >= 11 is 0. The molecule has 2 aliphatic rings. The summed E-state index contributed by atoms with van der Waals surface area (Å²) in [6, 6.07) is 11.5. The summed E-state index contributed by atoms with van der Waals surface area (Å²) in [6.07, 6.45) is 5.04. The van der Waals surface area contributed by atoms with Crippen LogP contribution in [0, 0.1) is 0 Å². The number of nitrogens with one attached hydrogen (secondary N) is 1. The Bertz CT molecular complexity index is 537. The molecule has 1 unspecified atom stereocenters. The molecule has 0 amide bonds. The van der Waals surface area contributed by atoms with Gasteiger partial charge in [-0.2, -0.15) is 0 Å². The number of hydrogen-bond acceptors (Lipinski definition) is 3. The van der Waals surface area contributed by atoms with E-state index in [-0.39, 0.29) is 5.54 Å². The Kier molecular flexibility index (Phi) is 5.75. The minimum Gasteiger partial charge on any atom is -0.314 e. The van der Waals surface area contributed by atoms with Crippen molar-refractivity contribution in [3.05, 3.63) is 47.5 Å². The zero-order valence-electron chi connectivity index (χ0n) is 15.6. The van der Waals surface area contributed by atoms with Crippen LogP contribution in [0.5, 0.6) is 0 Å². The number of nitrogens with zero attached hydrogens (tertiary/aromatic N) is 2. The molecule has 132 valence electrons. The lowest BCUT2D eigenvalue weighted by Gasteiger charge is -2.47. The molecule has 0 aliphatic carbocycles. The van der Waals surface area contributed by atoms with E-state index in [0.717, 1.165) is 26.2 Å². The lowest BCUT2D eigenvalue weighted by atomic mass is 9.82. The minimum atomic E-state index is 0.0833. The summed E-state index contributed by atoms with van der Waals surface area (Å²) in [6.45, 7) is 14.0. The van der Waals surface area contributed by atoms with Gasteiger partial charge in [-0.15, -0.1) is 0 Å².